The fourth-order valence-corrected chi connectivity index (χ4v) is 4.28. The summed E-state index contributed by atoms with van der Waals surface area (Å²) in [7, 11) is 1.66. The number of rotatable bonds is 5. The highest BCUT2D eigenvalue weighted by atomic mass is 16.2. The highest BCUT2D eigenvalue weighted by Crippen LogP contribution is 2.30. The maximum absolute atomic E-state index is 12.9. The summed E-state index contributed by atoms with van der Waals surface area (Å²) in [5.41, 5.74) is 1.43. The number of nitrogens with zero attached hydrogens (tertiary/aromatic N) is 2. The Morgan fingerprint density at radius 3 is 2.62 bits per heavy atom. The van der Waals surface area contributed by atoms with E-state index in [2.05, 4.69) is 41.4 Å². The van der Waals surface area contributed by atoms with Crippen molar-refractivity contribution in [1.82, 2.24) is 14.8 Å². The Hall–Kier alpha value is -2.92. The first-order valence-electron chi connectivity index (χ1n) is 10.1. The maximum atomic E-state index is 12.9. The van der Waals surface area contributed by atoms with Crippen LogP contribution in [-0.4, -0.2) is 34.0 Å². The van der Waals surface area contributed by atoms with E-state index < -0.39 is 0 Å². The number of benzene rings is 2. The van der Waals surface area contributed by atoms with Crippen molar-refractivity contribution < 1.29 is 4.79 Å². The molecule has 1 saturated heterocycles. The highest BCUT2D eigenvalue weighted by molar-refractivity contribution is 5.96. The Morgan fingerprint density at radius 2 is 1.83 bits per heavy atom. The number of aromatic nitrogens is 1. The molecular formula is C24H27N3O2. The number of carbonyl (C=O) groups is 1. The van der Waals surface area contributed by atoms with Crippen LogP contribution >= 0.6 is 0 Å². The second kappa shape index (κ2) is 7.84. The standard InChI is InChI=1S/C24H27N3O2/c1-24(13-8-14-27(24)16-18-9-4-3-5-10-18)17-25-22(28)21-15-19-11-6-7-12-20(19)23(29)26(21)2/h3-7,9-12,15H,8,13-14,16-17H2,1-2H3,(H,25,28). The van der Waals surface area contributed by atoms with Crippen LogP contribution in [0.4, 0.5) is 0 Å². The van der Waals surface area contributed by atoms with Gasteiger partial charge >= 0.3 is 0 Å². The van der Waals surface area contributed by atoms with Crippen LogP contribution in [0.5, 0.6) is 0 Å². The molecule has 2 aromatic carbocycles. The van der Waals surface area contributed by atoms with E-state index in [9.17, 15) is 9.59 Å². The van der Waals surface area contributed by atoms with Gasteiger partial charge in [0.15, 0.2) is 0 Å². The van der Waals surface area contributed by atoms with Gasteiger partial charge < -0.3 is 9.88 Å². The Labute approximate surface area is 171 Å². The third-order valence-corrected chi connectivity index (χ3v) is 6.13. The second-order valence-electron chi connectivity index (χ2n) is 8.17. The van der Waals surface area contributed by atoms with Gasteiger partial charge in [-0.25, -0.2) is 0 Å². The third kappa shape index (κ3) is 3.83. The predicted octanol–water partition coefficient (Wildman–Crippen LogP) is 3.32. The van der Waals surface area contributed by atoms with Crippen molar-refractivity contribution in [3.8, 4) is 0 Å². The van der Waals surface area contributed by atoms with Crippen LogP contribution in [0.15, 0.2) is 65.5 Å². The molecular weight excluding hydrogens is 362 g/mol. The molecule has 1 amide bonds. The van der Waals surface area contributed by atoms with E-state index in [0.717, 1.165) is 31.3 Å². The summed E-state index contributed by atoms with van der Waals surface area (Å²) in [4.78, 5) is 28.0. The minimum Gasteiger partial charge on any atom is -0.349 e. The number of hydrogen-bond acceptors (Lipinski definition) is 3. The SMILES string of the molecule is Cn1c(C(=O)NCC2(C)CCCN2Cc2ccccc2)cc2ccccc2c1=O. The summed E-state index contributed by atoms with van der Waals surface area (Å²) in [5, 5.41) is 4.51. The minimum atomic E-state index is -0.205. The molecule has 1 aliphatic heterocycles. The maximum Gasteiger partial charge on any atom is 0.268 e. The average Bonchev–Trinajstić information content (AvgIpc) is 3.10. The summed E-state index contributed by atoms with van der Waals surface area (Å²) in [6.07, 6.45) is 2.16. The molecule has 1 N–H and O–H groups in total. The van der Waals surface area contributed by atoms with Gasteiger partial charge in [-0.05, 0) is 49.4 Å². The van der Waals surface area contributed by atoms with Gasteiger partial charge in [0.05, 0.1) is 0 Å². The van der Waals surface area contributed by atoms with Gasteiger partial charge in [0.25, 0.3) is 11.5 Å². The molecule has 1 fully saturated rings. The number of fused-ring (bicyclic) bond motifs is 1. The lowest BCUT2D eigenvalue weighted by Crippen LogP contribution is -2.50. The van der Waals surface area contributed by atoms with Crippen molar-refractivity contribution >= 4 is 16.7 Å². The molecule has 0 saturated carbocycles. The first-order chi connectivity index (χ1) is 14.0. The molecule has 3 aromatic rings. The van der Waals surface area contributed by atoms with E-state index >= 15 is 0 Å². The zero-order valence-corrected chi connectivity index (χ0v) is 17.0. The number of pyridine rings is 1. The zero-order valence-electron chi connectivity index (χ0n) is 17.0. The fraction of sp³-hybridized carbons (Fsp3) is 0.333. The van der Waals surface area contributed by atoms with Gasteiger partial charge in [0, 0.05) is 31.1 Å². The summed E-state index contributed by atoms with van der Waals surface area (Å²) >= 11 is 0. The normalized spacial score (nSPS) is 19.5. The smallest absolute Gasteiger partial charge is 0.268 e. The average molecular weight is 389 g/mol. The quantitative estimate of drug-likeness (QED) is 0.728. The van der Waals surface area contributed by atoms with Gasteiger partial charge in [0.1, 0.15) is 5.69 Å². The lowest BCUT2D eigenvalue weighted by molar-refractivity contribution is 0.0888. The van der Waals surface area contributed by atoms with Crippen LogP contribution in [0.2, 0.25) is 0 Å². The lowest BCUT2D eigenvalue weighted by atomic mass is 9.98. The molecule has 4 rings (SSSR count). The monoisotopic (exact) mass is 389 g/mol. The van der Waals surface area contributed by atoms with Crippen molar-refractivity contribution in [2.24, 2.45) is 7.05 Å². The summed E-state index contributed by atoms with van der Waals surface area (Å²) in [5.74, 6) is -0.205. The minimum absolute atomic E-state index is 0.0960. The lowest BCUT2D eigenvalue weighted by Gasteiger charge is -2.35. The Morgan fingerprint density at radius 1 is 1.10 bits per heavy atom. The van der Waals surface area contributed by atoms with Crippen LogP contribution < -0.4 is 10.9 Å². The van der Waals surface area contributed by atoms with Crippen molar-refractivity contribution in [2.75, 3.05) is 13.1 Å². The van der Waals surface area contributed by atoms with Gasteiger partial charge in [-0.15, -0.1) is 0 Å². The van der Waals surface area contributed by atoms with Gasteiger partial charge in [-0.2, -0.15) is 0 Å². The molecule has 5 heteroatoms. The molecule has 0 aliphatic carbocycles. The largest absolute Gasteiger partial charge is 0.349 e. The first-order valence-corrected chi connectivity index (χ1v) is 10.1. The number of carbonyl (C=O) groups excluding carboxylic acids is 1. The molecule has 1 aromatic heterocycles. The van der Waals surface area contributed by atoms with E-state index in [4.69, 9.17) is 0 Å². The molecule has 1 atom stereocenters. The molecule has 2 heterocycles. The van der Waals surface area contributed by atoms with E-state index in [1.54, 1.807) is 19.2 Å². The fourth-order valence-electron chi connectivity index (χ4n) is 4.28. The van der Waals surface area contributed by atoms with Gasteiger partial charge in [-0.3, -0.25) is 14.5 Å². The number of amides is 1. The molecule has 1 aliphatic rings. The molecule has 29 heavy (non-hydrogen) atoms. The van der Waals surface area contributed by atoms with Crippen LogP contribution in [0.25, 0.3) is 10.8 Å². The van der Waals surface area contributed by atoms with Crippen molar-refractivity contribution in [2.45, 2.75) is 31.8 Å². The predicted molar refractivity (Wildman–Crippen MR) is 116 cm³/mol. The molecule has 0 radical (unpaired) electrons. The van der Waals surface area contributed by atoms with Crippen molar-refractivity contribution in [1.29, 1.82) is 0 Å². The third-order valence-electron chi connectivity index (χ3n) is 6.13. The number of hydrogen-bond donors (Lipinski definition) is 1. The topological polar surface area (TPSA) is 54.3 Å². The van der Waals surface area contributed by atoms with Crippen LogP contribution in [0.1, 0.15) is 35.8 Å². The molecule has 0 bridgehead atoms. The van der Waals surface area contributed by atoms with Crippen LogP contribution in [-0.2, 0) is 13.6 Å². The summed E-state index contributed by atoms with van der Waals surface area (Å²) < 4.78 is 1.44. The number of nitrogens with one attached hydrogen (secondary N) is 1. The molecule has 150 valence electrons. The zero-order chi connectivity index (χ0) is 20.4. The van der Waals surface area contributed by atoms with Crippen molar-refractivity contribution in [3.63, 3.8) is 0 Å². The van der Waals surface area contributed by atoms with E-state index in [1.165, 1.54) is 10.1 Å². The van der Waals surface area contributed by atoms with Gasteiger partial charge in [0.2, 0.25) is 0 Å². The van der Waals surface area contributed by atoms with Gasteiger partial charge in [-0.1, -0.05) is 48.5 Å². The first kappa shape index (κ1) is 19.4. The molecule has 5 nitrogen and oxygen atoms in total. The molecule has 1 unspecified atom stereocenters. The molecule has 0 spiro atoms. The second-order valence-corrected chi connectivity index (χ2v) is 8.17. The van der Waals surface area contributed by atoms with E-state index in [0.29, 0.717) is 17.6 Å². The Kier molecular flexibility index (Phi) is 5.24. The van der Waals surface area contributed by atoms with E-state index in [1.807, 2.05) is 24.3 Å². The Balaban J connectivity index is 1.51. The summed E-state index contributed by atoms with van der Waals surface area (Å²) in [6.45, 7) is 4.67. The van der Waals surface area contributed by atoms with E-state index in [-0.39, 0.29) is 17.0 Å². The van der Waals surface area contributed by atoms with Crippen LogP contribution in [0.3, 0.4) is 0 Å². The highest BCUT2D eigenvalue weighted by Gasteiger charge is 2.36. The summed E-state index contributed by atoms with van der Waals surface area (Å²) in [6, 6.07) is 19.6. The van der Waals surface area contributed by atoms with Crippen LogP contribution in [0, 0.1) is 0 Å². The Bertz CT molecular complexity index is 1090. The van der Waals surface area contributed by atoms with Crippen molar-refractivity contribution in [3.05, 3.63) is 82.3 Å². The number of likely N-dealkylation sites (tertiary alicyclic amines) is 1.